The summed E-state index contributed by atoms with van der Waals surface area (Å²) in [5, 5.41) is 4.22. The van der Waals surface area contributed by atoms with Crippen molar-refractivity contribution in [3.63, 3.8) is 0 Å². The molecule has 0 spiro atoms. The van der Waals surface area contributed by atoms with Gasteiger partial charge in [-0.25, -0.2) is 0 Å². The van der Waals surface area contributed by atoms with Crippen molar-refractivity contribution in [3.8, 4) is 0 Å². The number of hydrogen-bond acceptors (Lipinski definition) is 5. The van der Waals surface area contributed by atoms with E-state index in [9.17, 15) is 4.79 Å². The van der Waals surface area contributed by atoms with E-state index in [0.717, 1.165) is 32.5 Å². The minimum absolute atomic E-state index is 0.0926. The predicted octanol–water partition coefficient (Wildman–Crippen LogP) is 1.97. The van der Waals surface area contributed by atoms with Crippen molar-refractivity contribution in [1.29, 1.82) is 0 Å². The largest absolute Gasteiger partial charge is 0.378 e. The number of amides is 1. The summed E-state index contributed by atoms with van der Waals surface area (Å²) in [4.78, 5) is 21.6. The van der Waals surface area contributed by atoms with Crippen LogP contribution in [-0.4, -0.2) is 69.4 Å². The minimum atomic E-state index is 0.0926. The van der Waals surface area contributed by atoms with Crippen LogP contribution >= 0.6 is 0 Å². The summed E-state index contributed by atoms with van der Waals surface area (Å²) in [5.41, 5.74) is 1.90. The fourth-order valence-corrected chi connectivity index (χ4v) is 4.36. The van der Waals surface area contributed by atoms with Gasteiger partial charge in [-0.3, -0.25) is 19.4 Å². The summed E-state index contributed by atoms with van der Waals surface area (Å²) in [6, 6.07) is 6.66. The zero-order chi connectivity index (χ0) is 18.8. The molecule has 4 rings (SSSR count). The predicted molar refractivity (Wildman–Crippen MR) is 101 cm³/mol. The highest BCUT2D eigenvalue weighted by atomic mass is 16.5. The molecule has 0 unspecified atom stereocenters. The summed E-state index contributed by atoms with van der Waals surface area (Å²) < 4.78 is 7.43. The molecule has 4 heterocycles. The van der Waals surface area contributed by atoms with Crippen molar-refractivity contribution < 1.29 is 9.53 Å². The highest BCUT2D eigenvalue weighted by Gasteiger charge is 2.44. The van der Waals surface area contributed by atoms with Crippen LogP contribution in [0.3, 0.4) is 0 Å². The average Bonchev–Trinajstić information content (AvgIpc) is 3.17. The van der Waals surface area contributed by atoms with Gasteiger partial charge >= 0.3 is 0 Å². The van der Waals surface area contributed by atoms with Gasteiger partial charge in [-0.15, -0.1) is 0 Å². The van der Waals surface area contributed by atoms with Gasteiger partial charge in [0.25, 0.3) is 5.91 Å². The maximum absolute atomic E-state index is 12.8. The van der Waals surface area contributed by atoms with Crippen LogP contribution in [0, 0.1) is 0 Å². The highest BCUT2D eigenvalue weighted by Crippen LogP contribution is 2.39. The first-order chi connectivity index (χ1) is 13.2. The molecule has 0 aliphatic carbocycles. The molecule has 144 valence electrons. The van der Waals surface area contributed by atoms with Gasteiger partial charge in [-0.2, -0.15) is 5.10 Å². The Morgan fingerprint density at radius 3 is 2.74 bits per heavy atom. The first kappa shape index (κ1) is 18.1. The second-order valence-corrected chi connectivity index (χ2v) is 7.26. The van der Waals surface area contributed by atoms with Gasteiger partial charge < -0.3 is 9.64 Å². The number of carbonyl (C=O) groups excluding carboxylic acids is 1. The van der Waals surface area contributed by atoms with Gasteiger partial charge in [0, 0.05) is 57.9 Å². The molecule has 27 heavy (non-hydrogen) atoms. The molecule has 2 aromatic heterocycles. The third kappa shape index (κ3) is 3.37. The van der Waals surface area contributed by atoms with E-state index in [4.69, 9.17) is 4.74 Å². The van der Waals surface area contributed by atoms with E-state index in [2.05, 4.69) is 21.0 Å². The van der Waals surface area contributed by atoms with Crippen LogP contribution in [0.15, 0.2) is 36.8 Å². The summed E-state index contributed by atoms with van der Waals surface area (Å²) in [6.45, 7) is 5.23. The van der Waals surface area contributed by atoms with Crippen molar-refractivity contribution in [2.45, 2.75) is 44.5 Å². The molecule has 7 heteroatoms. The number of hydrogen-bond donors (Lipinski definition) is 0. The Morgan fingerprint density at radius 2 is 2.07 bits per heavy atom. The van der Waals surface area contributed by atoms with E-state index in [0.29, 0.717) is 18.3 Å². The summed E-state index contributed by atoms with van der Waals surface area (Å²) in [7, 11) is 1.78. The standard InChI is InChI=1S/C20H27N5O2/c1-3-25-17(6-10-22-25)20(26)23-11-7-16(8-12-23)24-14-18(27-2)19(24)15-5-4-9-21-13-15/h4-6,9-10,13,16,18-19H,3,7-8,11-12,14H2,1-2H3/t18-,19-/m0/s1. The molecule has 0 radical (unpaired) electrons. The second kappa shape index (κ2) is 7.78. The van der Waals surface area contributed by atoms with E-state index in [1.54, 1.807) is 24.2 Å². The van der Waals surface area contributed by atoms with Gasteiger partial charge in [-0.05, 0) is 37.5 Å². The molecule has 0 aromatic carbocycles. The molecule has 0 saturated carbocycles. The molecule has 0 N–H and O–H groups in total. The lowest BCUT2D eigenvalue weighted by Crippen LogP contribution is -2.60. The normalized spacial score (nSPS) is 24.0. The zero-order valence-corrected chi connectivity index (χ0v) is 16.0. The third-order valence-corrected chi connectivity index (χ3v) is 5.88. The number of pyridine rings is 1. The lowest BCUT2D eigenvalue weighted by atomic mass is 9.87. The molecule has 2 fully saturated rings. The Balaban J connectivity index is 1.40. The van der Waals surface area contributed by atoms with Crippen LogP contribution in [0.5, 0.6) is 0 Å². The van der Waals surface area contributed by atoms with Gasteiger partial charge in [0.2, 0.25) is 0 Å². The van der Waals surface area contributed by atoms with E-state index in [1.807, 2.05) is 30.2 Å². The monoisotopic (exact) mass is 369 g/mol. The molecule has 2 aromatic rings. The first-order valence-electron chi connectivity index (χ1n) is 9.72. The number of nitrogens with zero attached hydrogens (tertiary/aromatic N) is 5. The number of carbonyl (C=O) groups is 1. The quantitative estimate of drug-likeness (QED) is 0.806. The molecule has 2 aliphatic heterocycles. The summed E-state index contributed by atoms with van der Waals surface area (Å²) in [5.74, 6) is 0.0926. The van der Waals surface area contributed by atoms with Crippen molar-refractivity contribution in [2.24, 2.45) is 0 Å². The van der Waals surface area contributed by atoms with Crippen molar-refractivity contribution in [1.82, 2.24) is 24.6 Å². The number of ether oxygens (including phenoxy) is 1. The zero-order valence-electron chi connectivity index (χ0n) is 16.0. The fraction of sp³-hybridized carbons (Fsp3) is 0.550. The van der Waals surface area contributed by atoms with Crippen LogP contribution in [0.2, 0.25) is 0 Å². The highest BCUT2D eigenvalue weighted by molar-refractivity contribution is 5.92. The van der Waals surface area contributed by atoms with Gasteiger partial charge in [0.05, 0.1) is 12.1 Å². The van der Waals surface area contributed by atoms with Crippen LogP contribution in [0.25, 0.3) is 0 Å². The maximum atomic E-state index is 12.8. The van der Waals surface area contributed by atoms with Crippen molar-refractivity contribution in [2.75, 3.05) is 26.7 Å². The number of piperidine rings is 1. The Morgan fingerprint density at radius 1 is 1.26 bits per heavy atom. The summed E-state index contributed by atoms with van der Waals surface area (Å²) >= 11 is 0. The average molecular weight is 369 g/mol. The maximum Gasteiger partial charge on any atom is 0.272 e. The first-order valence-corrected chi connectivity index (χ1v) is 9.72. The number of likely N-dealkylation sites (tertiary alicyclic amines) is 2. The number of methoxy groups -OCH3 is 1. The molecular weight excluding hydrogens is 342 g/mol. The van der Waals surface area contributed by atoms with Crippen LogP contribution in [0.4, 0.5) is 0 Å². The number of rotatable bonds is 5. The Bertz CT molecular complexity index is 770. The lowest BCUT2D eigenvalue weighted by Gasteiger charge is -2.52. The van der Waals surface area contributed by atoms with E-state index in [-0.39, 0.29) is 18.1 Å². The van der Waals surface area contributed by atoms with Crippen LogP contribution in [-0.2, 0) is 11.3 Å². The van der Waals surface area contributed by atoms with E-state index in [1.165, 1.54) is 5.56 Å². The fourth-order valence-electron chi connectivity index (χ4n) is 4.36. The molecular formula is C20H27N5O2. The second-order valence-electron chi connectivity index (χ2n) is 7.26. The summed E-state index contributed by atoms with van der Waals surface area (Å²) in [6.07, 6.45) is 7.63. The Kier molecular flexibility index (Phi) is 5.22. The molecule has 7 nitrogen and oxygen atoms in total. The molecule has 1 amide bonds. The van der Waals surface area contributed by atoms with Gasteiger partial charge in [0.1, 0.15) is 5.69 Å². The molecule has 0 bridgehead atoms. The SMILES string of the molecule is CCn1nccc1C(=O)N1CCC(N2C[C@H](OC)[C@@H]2c2cccnc2)CC1. The van der Waals surface area contributed by atoms with Crippen LogP contribution < -0.4 is 0 Å². The number of aromatic nitrogens is 3. The van der Waals surface area contributed by atoms with Crippen molar-refractivity contribution in [3.05, 3.63) is 48.0 Å². The molecule has 2 saturated heterocycles. The van der Waals surface area contributed by atoms with Gasteiger partial charge in [-0.1, -0.05) is 6.07 Å². The Hall–Kier alpha value is -2.25. The Labute approximate surface area is 159 Å². The smallest absolute Gasteiger partial charge is 0.272 e. The van der Waals surface area contributed by atoms with E-state index >= 15 is 0 Å². The minimum Gasteiger partial charge on any atom is -0.378 e. The van der Waals surface area contributed by atoms with E-state index < -0.39 is 0 Å². The topological polar surface area (TPSA) is 63.5 Å². The van der Waals surface area contributed by atoms with Crippen molar-refractivity contribution >= 4 is 5.91 Å². The molecule has 2 atom stereocenters. The number of aryl methyl sites for hydroxylation is 1. The lowest BCUT2D eigenvalue weighted by molar-refractivity contribution is -0.115. The van der Waals surface area contributed by atoms with Gasteiger partial charge in [0.15, 0.2) is 0 Å². The molecule has 2 aliphatic rings. The van der Waals surface area contributed by atoms with Crippen LogP contribution in [0.1, 0.15) is 41.9 Å². The third-order valence-electron chi connectivity index (χ3n) is 5.88.